The van der Waals surface area contributed by atoms with E-state index in [4.69, 9.17) is 24.8 Å². The molecule has 0 saturated heterocycles. The maximum atomic E-state index is 12.5. The first-order chi connectivity index (χ1) is 22.1. The van der Waals surface area contributed by atoms with Gasteiger partial charge in [-0.05, 0) is 12.8 Å². The highest BCUT2D eigenvalue weighted by molar-refractivity contribution is 7.47. The molecule has 0 heterocycles. The zero-order valence-electron chi connectivity index (χ0n) is 28.9. The topological polar surface area (TPSA) is 172 Å². The normalized spacial score (nSPS) is 14.0. The number of phosphoric ester groups is 1. The number of ether oxygens (including phenoxy) is 2. The Morgan fingerprint density at radius 1 is 0.587 bits per heavy atom. The lowest BCUT2D eigenvalue weighted by Gasteiger charge is -2.20. The Labute approximate surface area is 278 Å². The fourth-order valence-corrected chi connectivity index (χ4v) is 5.72. The van der Waals surface area contributed by atoms with Crippen molar-refractivity contribution < 1.29 is 47.5 Å². The fourth-order valence-electron chi connectivity index (χ4n) is 4.95. The maximum absolute atomic E-state index is 12.5. The second kappa shape index (κ2) is 30.8. The first-order valence-corrected chi connectivity index (χ1v) is 19.6. The number of phosphoric acid groups is 1. The summed E-state index contributed by atoms with van der Waals surface area (Å²) in [6.45, 7) is 2.76. The van der Waals surface area contributed by atoms with Gasteiger partial charge >= 0.3 is 25.7 Å². The van der Waals surface area contributed by atoms with E-state index >= 15 is 0 Å². The number of carboxylic acid groups (broad SMARTS) is 1. The van der Waals surface area contributed by atoms with E-state index in [1.54, 1.807) is 0 Å². The zero-order valence-corrected chi connectivity index (χ0v) is 29.8. The minimum absolute atomic E-state index is 0.167. The summed E-state index contributed by atoms with van der Waals surface area (Å²) < 4.78 is 32.4. The van der Waals surface area contributed by atoms with Gasteiger partial charge in [-0.3, -0.25) is 23.4 Å². The van der Waals surface area contributed by atoms with Crippen molar-refractivity contribution in [1.29, 1.82) is 0 Å². The summed E-state index contributed by atoms with van der Waals surface area (Å²) in [4.78, 5) is 45.6. The molecule has 46 heavy (non-hydrogen) atoms. The van der Waals surface area contributed by atoms with Crippen LogP contribution in [0.4, 0.5) is 0 Å². The van der Waals surface area contributed by atoms with Crippen LogP contribution in [0, 0.1) is 0 Å². The standard InChI is InChI=1S/C34H66NO10P/c1-3-5-7-9-11-13-15-16-18-19-21-23-25-32(36)42-27-30(28-43-46(40,41)44-29-31(35)34(38)39)45-33(37)26-24-22-20-17-14-12-10-8-6-4-2/h30-31H,3-29,35H2,1-2H3,(H,38,39)(H,40,41)/t30-,31+/m1/s1. The first-order valence-electron chi connectivity index (χ1n) is 18.1. The second-order valence-corrected chi connectivity index (χ2v) is 13.8. The largest absolute Gasteiger partial charge is 0.480 e. The van der Waals surface area contributed by atoms with Crippen LogP contribution in [-0.2, 0) is 37.5 Å². The quantitative estimate of drug-likeness (QED) is 0.0339. The van der Waals surface area contributed by atoms with Crippen molar-refractivity contribution in [3.05, 3.63) is 0 Å². The third-order valence-electron chi connectivity index (χ3n) is 7.86. The predicted octanol–water partition coefficient (Wildman–Crippen LogP) is 8.39. The number of nitrogens with two attached hydrogens (primary N) is 1. The predicted molar refractivity (Wildman–Crippen MR) is 180 cm³/mol. The van der Waals surface area contributed by atoms with Gasteiger partial charge in [-0.25, -0.2) is 4.57 Å². The number of hydrogen-bond acceptors (Lipinski definition) is 9. The molecule has 4 N–H and O–H groups in total. The highest BCUT2D eigenvalue weighted by Crippen LogP contribution is 2.43. The molecule has 11 nitrogen and oxygen atoms in total. The lowest BCUT2D eigenvalue weighted by atomic mass is 10.0. The molecule has 272 valence electrons. The summed E-state index contributed by atoms with van der Waals surface area (Å²) in [6.07, 6.45) is 24.7. The Hall–Kier alpha value is -1.52. The highest BCUT2D eigenvalue weighted by atomic mass is 31.2. The van der Waals surface area contributed by atoms with Crippen LogP contribution in [0.3, 0.4) is 0 Å². The summed E-state index contributed by atoms with van der Waals surface area (Å²) in [6, 6.07) is -1.51. The Morgan fingerprint density at radius 3 is 1.37 bits per heavy atom. The summed E-state index contributed by atoms with van der Waals surface area (Å²) in [5.41, 5.74) is 5.30. The number of carbonyl (C=O) groups is 3. The number of carboxylic acids is 1. The molecule has 0 amide bonds. The van der Waals surface area contributed by atoms with Gasteiger partial charge in [-0.2, -0.15) is 0 Å². The molecule has 0 aliphatic carbocycles. The van der Waals surface area contributed by atoms with Gasteiger partial charge in [-0.1, -0.05) is 142 Å². The maximum Gasteiger partial charge on any atom is 0.472 e. The van der Waals surface area contributed by atoms with Gasteiger partial charge in [0.1, 0.15) is 12.6 Å². The van der Waals surface area contributed by atoms with Gasteiger partial charge in [0.25, 0.3) is 0 Å². The van der Waals surface area contributed by atoms with Crippen molar-refractivity contribution in [3.8, 4) is 0 Å². The third kappa shape index (κ3) is 29.9. The lowest BCUT2D eigenvalue weighted by molar-refractivity contribution is -0.161. The Kier molecular flexibility index (Phi) is 29.8. The molecule has 0 saturated carbocycles. The zero-order chi connectivity index (χ0) is 34.3. The lowest BCUT2D eigenvalue weighted by Crippen LogP contribution is -2.34. The number of unbranched alkanes of at least 4 members (excludes halogenated alkanes) is 20. The number of aliphatic carboxylic acids is 1. The molecule has 0 fully saturated rings. The summed E-state index contributed by atoms with van der Waals surface area (Å²) in [7, 11) is -4.69. The van der Waals surface area contributed by atoms with Crippen molar-refractivity contribution in [2.24, 2.45) is 5.73 Å². The van der Waals surface area contributed by atoms with Crippen LogP contribution in [0.2, 0.25) is 0 Å². The van der Waals surface area contributed by atoms with Crippen molar-refractivity contribution in [1.82, 2.24) is 0 Å². The van der Waals surface area contributed by atoms with Crippen molar-refractivity contribution in [2.75, 3.05) is 19.8 Å². The Morgan fingerprint density at radius 2 is 0.957 bits per heavy atom. The third-order valence-corrected chi connectivity index (χ3v) is 8.81. The van der Waals surface area contributed by atoms with Crippen LogP contribution in [0.25, 0.3) is 0 Å². The molecule has 3 atom stereocenters. The van der Waals surface area contributed by atoms with Crippen LogP contribution in [0.5, 0.6) is 0 Å². The minimum atomic E-state index is -4.69. The second-order valence-electron chi connectivity index (χ2n) is 12.4. The van der Waals surface area contributed by atoms with E-state index in [0.29, 0.717) is 12.8 Å². The summed E-state index contributed by atoms with van der Waals surface area (Å²) >= 11 is 0. The number of esters is 2. The van der Waals surface area contributed by atoms with Crippen LogP contribution >= 0.6 is 7.82 Å². The van der Waals surface area contributed by atoms with Crippen molar-refractivity contribution in [2.45, 2.75) is 180 Å². The van der Waals surface area contributed by atoms with Crippen molar-refractivity contribution in [3.63, 3.8) is 0 Å². The van der Waals surface area contributed by atoms with Gasteiger partial charge < -0.3 is 25.2 Å². The van der Waals surface area contributed by atoms with E-state index in [1.807, 2.05) is 0 Å². The Bertz CT molecular complexity index is 813. The van der Waals surface area contributed by atoms with E-state index < -0.39 is 51.1 Å². The molecular weight excluding hydrogens is 613 g/mol. The van der Waals surface area contributed by atoms with E-state index in [-0.39, 0.29) is 19.4 Å². The molecule has 0 aromatic rings. The first kappa shape index (κ1) is 44.5. The molecule has 0 aromatic carbocycles. The van der Waals surface area contributed by atoms with Crippen molar-refractivity contribution >= 4 is 25.7 Å². The summed E-state index contributed by atoms with van der Waals surface area (Å²) in [5, 5.41) is 8.83. The van der Waals surface area contributed by atoms with E-state index in [1.165, 1.54) is 89.9 Å². The van der Waals surface area contributed by atoms with Crippen LogP contribution < -0.4 is 5.73 Å². The molecule has 0 aromatic heterocycles. The van der Waals surface area contributed by atoms with E-state index in [2.05, 4.69) is 18.4 Å². The van der Waals surface area contributed by atoms with Crippen LogP contribution in [0.1, 0.15) is 168 Å². The molecule has 0 spiro atoms. The SMILES string of the molecule is CCCCCCCCCCCCCCC(=O)OC[C@H](COP(=O)(O)OC[C@H](N)C(=O)O)OC(=O)CCCCCCCCCCCC. The van der Waals surface area contributed by atoms with Gasteiger partial charge in [0.05, 0.1) is 13.2 Å². The van der Waals surface area contributed by atoms with Gasteiger partial charge in [0.2, 0.25) is 0 Å². The Balaban J connectivity index is 4.45. The van der Waals surface area contributed by atoms with E-state index in [0.717, 1.165) is 38.5 Å². The number of hydrogen-bond donors (Lipinski definition) is 3. The minimum Gasteiger partial charge on any atom is -0.480 e. The number of carbonyl (C=O) groups excluding carboxylic acids is 2. The van der Waals surface area contributed by atoms with Gasteiger partial charge in [0, 0.05) is 12.8 Å². The average molecular weight is 680 g/mol. The van der Waals surface area contributed by atoms with Gasteiger partial charge in [-0.15, -0.1) is 0 Å². The molecule has 0 aliphatic rings. The summed E-state index contributed by atoms with van der Waals surface area (Å²) in [5.74, 6) is -2.37. The fraction of sp³-hybridized carbons (Fsp3) is 0.912. The van der Waals surface area contributed by atoms with Crippen LogP contribution in [0.15, 0.2) is 0 Å². The molecule has 0 bridgehead atoms. The molecule has 0 aliphatic heterocycles. The highest BCUT2D eigenvalue weighted by Gasteiger charge is 2.28. The molecule has 1 unspecified atom stereocenters. The average Bonchev–Trinajstić information content (AvgIpc) is 3.02. The van der Waals surface area contributed by atoms with E-state index in [9.17, 15) is 23.8 Å². The smallest absolute Gasteiger partial charge is 0.472 e. The monoisotopic (exact) mass is 679 g/mol. The van der Waals surface area contributed by atoms with Crippen LogP contribution in [-0.4, -0.2) is 59.9 Å². The molecule has 0 rings (SSSR count). The molecular formula is C34H66NO10P. The van der Waals surface area contributed by atoms with Gasteiger partial charge in [0.15, 0.2) is 6.10 Å². The molecule has 12 heteroatoms. The molecule has 0 radical (unpaired) electrons. The number of rotatable bonds is 34.